The Morgan fingerprint density at radius 3 is 2.46 bits per heavy atom. The molecule has 1 aliphatic heterocycles. The molecule has 0 atom stereocenters. The van der Waals surface area contributed by atoms with E-state index in [9.17, 15) is 14.4 Å². The zero-order chi connectivity index (χ0) is 24.9. The predicted octanol–water partition coefficient (Wildman–Crippen LogP) is 4.16. The van der Waals surface area contributed by atoms with Crippen LogP contribution in [0.5, 0.6) is 0 Å². The minimum atomic E-state index is -0.130. The van der Waals surface area contributed by atoms with E-state index >= 15 is 0 Å². The Kier molecular flexibility index (Phi) is 6.11. The van der Waals surface area contributed by atoms with Crippen LogP contribution in [0.15, 0.2) is 47.4 Å². The lowest BCUT2D eigenvalue weighted by atomic mass is 10.0. The number of H-pyrrole nitrogens is 1. The third kappa shape index (κ3) is 4.21. The van der Waals surface area contributed by atoms with Gasteiger partial charge in [0.05, 0.1) is 32.2 Å². The van der Waals surface area contributed by atoms with Gasteiger partial charge in [-0.3, -0.25) is 14.2 Å². The van der Waals surface area contributed by atoms with Crippen molar-refractivity contribution >= 4 is 57.0 Å². The number of imidazole rings is 1. The van der Waals surface area contributed by atoms with Crippen LogP contribution >= 0.6 is 23.2 Å². The van der Waals surface area contributed by atoms with Crippen molar-refractivity contribution in [1.29, 1.82) is 0 Å². The third-order valence-corrected chi connectivity index (χ3v) is 7.42. The summed E-state index contributed by atoms with van der Waals surface area (Å²) < 4.78 is 3.54. The van der Waals surface area contributed by atoms with E-state index in [2.05, 4.69) is 4.98 Å². The zero-order valence-corrected chi connectivity index (χ0v) is 20.9. The second kappa shape index (κ2) is 9.09. The van der Waals surface area contributed by atoms with Crippen molar-refractivity contribution < 1.29 is 9.59 Å². The number of fused-ring (bicyclic) bond motifs is 2. The number of benzene rings is 2. The van der Waals surface area contributed by atoms with Crippen LogP contribution in [0, 0.1) is 0 Å². The Bertz CT molecular complexity index is 1510. The van der Waals surface area contributed by atoms with Crippen molar-refractivity contribution in [2.45, 2.75) is 25.4 Å². The monoisotopic (exact) mass is 513 g/mol. The number of carbonyl (C=O) groups excluding carboxylic acids is 2. The molecule has 0 bridgehead atoms. The smallest absolute Gasteiger partial charge is 0.326 e. The molecule has 1 N–H and O–H groups in total. The maximum absolute atomic E-state index is 13.6. The third-order valence-electron chi connectivity index (χ3n) is 6.70. The van der Waals surface area contributed by atoms with E-state index in [1.165, 1.54) is 4.90 Å². The molecule has 2 aromatic heterocycles. The molecular formula is C25H25Cl2N5O3. The van der Waals surface area contributed by atoms with Crippen molar-refractivity contribution in [3.63, 3.8) is 0 Å². The molecule has 5 rings (SSSR count). The zero-order valence-electron chi connectivity index (χ0n) is 19.4. The number of amides is 2. The van der Waals surface area contributed by atoms with Crippen LogP contribution in [-0.4, -0.2) is 62.9 Å². The normalized spacial score (nSPS) is 14.7. The van der Waals surface area contributed by atoms with Gasteiger partial charge in [0.15, 0.2) is 0 Å². The van der Waals surface area contributed by atoms with Crippen molar-refractivity contribution in [2.75, 3.05) is 27.2 Å². The summed E-state index contributed by atoms with van der Waals surface area (Å²) in [6, 6.07) is 11.0. The lowest BCUT2D eigenvalue weighted by molar-refractivity contribution is -0.129. The van der Waals surface area contributed by atoms with Crippen LogP contribution in [-0.2, 0) is 11.3 Å². The molecule has 0 unspecified atom stereocenters. The Labute approximate surface area is 211 Å². The fourth-order valence-electron chi connectivity index (χ4n) is 4.81. The molecule has 10 heteroatoms. The second-order valence-corrected chi connectivity index (χ2v) is 9.90. The summed E-state index contributed by atoms with van der Waals surface area (Å²) in [5.74, 6) is -0.230. The summed E-state index contributed by atoms with van der Waals surface area (Å²) in [7, 11) is 3.38. The largest absolute Gasteiger partial charge is 0.347 e. The SMILES string of the molecule is CN(C)C(=O)Cn1cc(C(=O)N2CCC(n3c(=O)[nH]c4ccccc43)CC2)c2cc(Cl)c(Cl)cc21. The van der Waals surface area contributed by atoms with Crippen molar-refractivity contribution in [1.82, 2.24) is 23.9 Å². The number of para-hydroxylation sites is 2. The van der Waals surface area contributed by atoms with E-state index in [1.807, 2.05) is 24.3 Å². The number of nitrogens with one attached hydrogen (secondary N) is 1. The number of carbonyl (C=O) groups is 2. The Morgan fingerprint density at radius 2 is 1.74 bits per heavy atom. The van der Waals surface area contributed by atoms with E-state index < -0.39 is 0 Å². The van der Waals surface area contributed by atoms with Crippen molar-refractivity contribution in [3.8, 4) is 0 Å². The highest BCUT2D eigenvalue weighted by Gasteiger charge is 2.29. The lowest BCUT2D eigenvalue weighted by Crippen LogP contribution is -2.40. The Balaban J connectivity index is 1.42. The first-order valence-electron chi connectivity index (χ1n) is 11.4. The highest BCUT2D eigenvalue weighted by atomic mass is 35.5. The summed E-state index contributed by atoms with van der Waals surface area (Å²) >= 11 is 12.5. The van der Waals surface area contributed by atoms with Gasteiger partial charge in [0.2, 0.25) is 5.91 Å². The number of hydrogen-bond acceptors (Lipinski definition) is 3. The molecule has 35 heavy (non-hydrogen) atoms. The highest BCUT2D eigenvalue weighted by Crippen LogP contribution is 2.33. The average Bonchev–Trinajstić information content (AvgIpc) is 3.35. The molecule has 182 valence electrons. The number of halogens is 2. The number of nitrogens with zero attached hydrogens (tertiary/aromatic N) is 4. The Morgan fingerprint density at radius 1 is 1.06 bits per heavy atom. The fraction of sp³-hybridized carbons (Fsp3) is 0.320. The van der Waals surface area contributed by atoms with Gasteiger partial charge in [-0.05, 0) is 37.1 Å². The number of likely N-dealkylation sites (tertiary alicyclic amines) is 1. The summed E-state index contributed by atoms with van der Waals surface area (Å²) in [5.41, 5.74) is 2.72. The van der Waals surface area contributed by atoms with Crippen LogP contribution in [0.2, 0.25) is 10.0 Å². The van der Waals surface area contributed by atoms with E-state index in [-0.39, 0.29) is 30.1 Å². The molecule has 2 aromatic carbocycles. The molecule has 0 radical (unpaired) electrons. The van der Waals surface area contributed by atoms with Gasteiger partial charge in [0, 0.05) is 44.8 Å². The van der Waals surface area contributed by atoms with Crippen molar-refractivity contribution in [3.05, 3.63) is 68.7 Å². The van der Waals surface area contributed by atoms with E-state index in [4.69, 9.17) is 23.2 Å². The van der Waals surface area contributed by atoms with Crippen LogP contribution in [0.25, 0.3) is 21.9 Å². The van der Waals surface area contributed by atoms with E-state index in [1.54, 1.807) is 46.5 Å². The summed E-state index contributed by atoms with van der Waals surface area (Å²) in [4.78, 5) is 44.8. The highest BCUT2D eigenvalue weighted by molar-refractivity contribution is 6.43. The molecule has 0 saturated carbocycles. The van der Waals surface area contributed by atoms with Gasteiger partial charge in [0.25, 0.3) is 5.91 Å². The predicted molar refractivity (Wildman–Crippen MR) is 137 cm³/mol. The first-order chi connectivity index (χ1) is 16.7. The number of rotatable bonds is 4. The molecule has 1 fully saturated rings. The molecule has 2 amide bonds. The molecular weight excluding hydrogens is 489 g/mol. The summed E-state index contributed by atoms with van der Waals surface area (Å²) in [6.07, 6.45) is 3.03. The molecule has 1 saturated heterocycles. The summed E-state index contributed by atoms with van der Waals surface area (Å²) in [5, 5.41) is 1.37. The van der Waals surface area contributed by atoms with Gasteiger partial charge < -0.3 is 19.4 Å². The number of aromatic amines is 1. The van der Waals surface area contributed by atoms with E-state index in [0.29, 0.717) is 52.4 Å². The maximum atomic E-state index is 13.6. The van der Waals surface area contributed by atoms with Crippen LogP contribution in [0.3, 0.4) is 0 Å². The first kappa shape index (κ1) is 23.5. The number of piperidine rings is 1. The van der Waals surface area contributed by atoms with Gasteiger partial charge in [-0.25, -0.2) is 4.79 Å². The van der Waals surface area contributed by atoms with Crippen LogP contribution in [0.4, 0.5) is 0 Å². The average molecular weight is 514 g/mol. The van der Waals surface area contributed by atoms with Gasteiger partial charge >= 0.3 is 5.69 Å². The minimum absolute atomic E-state index is 0.00927. The van der Waals surface area contributed by atoms with Gasteiger partial charge in [-0.15, -0.1) is 0 Å². The molecule has 8 nitrogen and oxygen atoms in total. The number of hydrogen-bond donors (Lipinski definition) is 1. The molecule has 0 aliphatic carbocycles. The molecule has 3 heterocycles. The quantitative estimate of drug-likeness (QED) is 0.444. The second-order valence-electron chi connectivity index (χ2n) is 9.08. The standard InChI is InChI=1S/C25H25Cl2N5O3/c1-29(2)23(33)14-31-13-17(16-11-18(26)19(27)12-22(16)31)24(34)30-9-7-15(8-10-30)32-21-6-4-3-5-20(21)28-25(32)35/h3-6,11-13,15H,7-10,14H2,1-2H3,(H,28,35). The van der Waals surface area contributed by atoms with Gasteiger partial charge in [-0.1, -0.05) is 35.3 Å². The number of aromatic nitrogens is 3. The first-order valence-corrected chi connectivity index (χ1v) is 12.2. The van der Waals surface area contributed by atoms with Gasteiger partial charge in [0.1, 0.15) is 6.54 Å². The maximum Gasteiger partial charge on any atom is 0.326 e. The Hall–Kier alpha value is -3.23. The molecule has 4 aromatic rings. The molecule has 1 aliphatic rings. The number of likely N-dealkylation sites (N-methyl/N-ethyl adjacent to an activating group) is 1. The fourth-order valence-corrected chi connectivity index (χ4v) is 5.13. The van der Waals surface area contributed by atoms with Crippen molar-refractivity contribution in [2.24, 2.45) is 0 Å². The van der Waals surface area contributed by atoms with Gasteiger partial charge in [-0.2, -0.15) is 0 Å². The van der Waals surface area contributed by atoms with E-state index in [0.717, 1.165) is 11.0 Å². The van der Waals surface area contributed by atoms with Crippen LogP contribution in [0.1, 0.15) is 29.2 Å². The summed E-state index contributed by atoms with van der Waals surface area (Å²) in [6.45, 7) is 1.11. The minimum Gasteiger partial charge on any atom is -0.347 e. The lowest BCUT2D eigenvalue weighted by Gasteiger charge is -2.32. The van der Waals surface area contributed by atoms with Crippen LogP contribution < -0.4 is 5.69 Å². The molecule has 0 spiro atoms. The topological polar surface area (TPSA) is 83.3 Å².